The van der Waals surface area contributed by atoms with Gasteiger partial charge in [-0.1, -0.05) is 75.0 Å². The molecule has 0 aliphatic carbocycles. The molecule has 0 unspecified atom stereocenters. The average Bonchev–Trinajstić information content (AvgIpc) is 3.41. The SMILES string of the molecule is Cc1cccc(C)c1N1c2ccccc2Oc2c1c1cccnc1n2-c1[c-]c(Oc2[c-]c(-c3ccc(C(C)(C)C)cn3)ccc2)ccc1.[Pt+2]. The van der Waals surface area contributed by atoms with Gasteiger partial charge in [0.25, 0.3) is 0 Å². The molecule has 4 aromatic carbocycles. The van der Waals surface area contributed by atoms with E-state index in [4.69, 9.17) is 19.4 Å². The summed E-state index contributed by atoms with van der Waals surface area (Å²) in [4.78, 5) is 11.9. The van der Waals surface area contributed by atoms with E-state index in [1.54, 1.807) is 0 Å². The molecule has 0 N–H and O–H groups in total. The number of para-hydroxylation sites is 3. The van der Waals surface area contributed by atoms with Gasteiger partial charge in [-0.2, -0.15) is 6.07 Å². The summed E-state index contributed by atoms with van der Waals surface area (Å²) in [6.07, 6.45) is 3.75. The molecule has 7 heteroatoms. The molecule has 0 fully saturated rings. The molecule has 4 heterocycles. The smallest absolute Gasteiger partial charge is 0.503 e. The Bertz CT molecular complexity index is 2300. The Morgan fingerprint density at radius 3 is 2.20 bits per heavy atom. The fourth-order valence-corrected chi connectivity index (χ4v) is 6.35. The van der Waals surface area contributed by atoms with Gasteiger partial charge in [0, 0.05) is 29.3 Å². The summed E-state index contributed by atoms with van der Waals surface area (Å²) in [6.45, 7) is 10.8. The number of hydrogen-bond acceptors (Lipinski definition) is 5. The maximum absolute atomic E-state index is 6.74. The van der Waals surface area contributed by atoms with Crippen molar-refractivity contribution in [3.05, 3.63) is 144 Å². The molecular weight excluding hydrogens is 788 g/mol. The van der Waals surface area contributed by atoms with E-state index < -0.39 is 0 Å². The molecule has 244 valence electrons. The number of anilines is 3. The zero-order valence-electron chi connectivity index (χ0n) is 27.9. The minimum atomic E-state index is 0. The Morgan fingerprint density at radius 2 is 1.45 bits per heavy atom. The Hall–Kier alpha value is -5.19. The predicted molar refractivity (Wildman–Crippen MR) is 191 cm³/mol. The van der Waals surface area contributed by atoms with Crippen molar-refractivity contribution in [1.29, 1.82) is 0 Å². The van der Waals surface area contributed by atoms with E-state index in [1.165, 1.54) is 16.7 Å². The van der Waals surface area contributed by atoms with Crippen molar-refractivity contribution in [3.8, 4) is 40.1 Å². The summed E-state index contributed by atoms with van der Waals surface area (Å²) in [5.41, 5.74) is 9.79. The monoisotopic (exact) mass is 821 g/mol. The second kappa shape index (κ2) is 12.7. The zero-order valence-corrected chi connectivity index (χ0v) is 30.2. The van der Waals surface area contributed by atoms with E-state index in [1.807, 2.05) is 83.7 Å². The second-order valence-corrected chi connectivity index (χ2v) is 13.1. The van der Waals surface area contributed by atoms with Gasteiger partial charge in [0.2, 0.25) is 5.88 Å². The van der Waals surface area contributed by atoms with Gasteiger partial charge in [-0.05, 0) is 65.9 Å². The number of nitrogens with zero attached hydrogens (tertiary/aromatic N) is 4. The first kappa shape index (κ1) is 32.4. The Morgan fingerprint density at radius 1 is 0.714 bits per heavy atom. The summed E-state index contributed by atoms with van der Waals surface area (Å²) in [7, 11) is 0. The quantitative estimate of drug-likeness (QED) is 0.162. The van der Waals surface area contributed by atoms with Gasteiger partial charge < -0.3 is 19.4 Å². The van der Waals surface area contributed by atoms with Crippen molar-refractivity contribution in [1.82, 2.24) is 14.5 Å². The minimum Gasteiger partial charge on any atom is -0.503 e. The van der Waals surface area contributed by atoms with E-state index in [0.717, 1.165) is 50.8 Å². The molecule has 0 amide bonds. The fourth-order valence-electron chi connectivity index (χ4n) is 6.35. The molecule has 0 saturated carbocycles. The summed E-state index contributed by atoms with van der Waals surface area (Å²) in [5, 5.41) is 0.968. The molecule has 0 radical (unpaired) electrons. The summed E-state index contributed by atoms with van der Waals surface area (Å²) in [5.74, 6) is 2.55. The van der Waals surface area contributed by atoms with E-state index in [2.05, 4.69) is 88.0 Å². The van der Waals surface area contributed by atoms with Crippen LogP contribution in [0.15, 0.2) is 116 Å². The molecule has 0 atom stereocenters. The Kier molecular flexibility index (Phi) is 8.38. The van der Waals surface area contributed by atoms with Gasteiger partial charge in [-0.25, -0.2) is 4.98 Å². The number of pyridine rings is 2. The summed E-state index contributed by atoms with van der Waals surface area (Å²) < 4.78 is 15.1. The van der Waals surface area contributed by atoms with Gasteiger partial charge in [0.05, 0.1) is 11.4 Å². The maximum Gasteiger partial charge on any atom is 2.00 e. The Labute approximate surface area is 301 Å². The normalized spacial score (nSPS) is 12.1. The third-order valence-corrected chi connectivity index (χ3v) is 8.75. The van der Waals surface area contributed by atoms with Crippen LogP contribution in [0.1, 0.15) is 37.5 Å². The van der Waals surface area contributed by atoms with Crippen LogP contribution in [-0.2, 0) is 26.5 Å². The number of rotatable bonds is 5. The molecule has 1 aliphatic heterocycles. The molecule has 3 aromatic heterocycles. The first-order valence-corrected chi connectivity index (χ1v) is 16.1. The molecule has 0 spiro atoms. The summed E-state index contributed by atoms with van der Waals surface area (Å²) in [6, 6.07) is 41.3. The van der Waals surface area contributed by atoms with Crippen LogP contribution in [0.2, 0.25) is 0 Å². The number of aryl methyl sites for hydroxylation is 2. The molecular formula is C42H34N4O2Pt. The van der Waals surface area contributed by atoms with Crippen molar-refractivity contribution in [2.24, 2.45) is 0 Å². The molecule has 7 aromatic rings. The van der Waals surface area contributed by atoms with Crippen molar-refractivity contribution >= 4 is 28.1 Å². The largest absolute Gasteiger partial charge is 2.00 e. The Balaban J connectivity index is 0.00000378. The molecule has 0 saturated heterocycles. The van der Waals surface area contributed by atoms with Gasteiger partial charge >= 0.3 is 21.1 Å². The molecule has 1 aliphatic rings. The van der Waals surface area contributed by atoms with E-state index in [9.17, 15) is 0 Å². The van der Waals surface area contributed by atoms with Crippen LogP contribution < -0.4 is 14.4 Å². The average molecular weight is 822 g/mol. The zero-order chi connectivity index (χ0) is 33.0. The van der Waals surface area contributed by atoms with Gasteiger partial charge in [0.1, 0.15) is 11.3 Å². The number of aromatic nitrogens is 3. The van der Waals surface area contributed by atoms with E-state index in [0.29, 0.717) is 17.4 Å². The third-order valence-electron chi connectivity index (χ3n) is 8.75. The van der Waals surface area contributed by atoms with Crippen LogP contribution in [0, 0.1) is 26.0 Å². The molecule has 0 bridgehead atoms. The van der Waals surface area contributed by atoms with Crippen LogP contribution in [-0.4, -0.2) is 14.5 Å². The van der Waals surface area contributed by atoms with Gasteiger partial charge in [-0.15, -0.1) is 42.0 Å². The number of fused-ring (bicyclic) bond motifs is 4. The molecule has 49 heavy (non-hydrogen) atoms. The molecule has 6 nitrogen and oxygen atoms in total. The number of hydrogen-bond donors (Lipinski definition) is 0. The van der Waals surface area contributed by atoms with Crippen molar-refractivity contribution in [3.63, 3.8) is 0 Å². The number of ether oxygens (including phenoxy) is 2. The summed E-state index contributed by atoms with van der Waals surface area (Å²) >= 11 is 0. The van der Waals surface area contributed by atoms with Gasteiger partial charge in [0.15, 0.2) is 5.75 Å². The van der Waals surface area contributed by atoms with Crippen LogP contribution in [0.25, 0.3) is 28.0 Å². The second-order valence-electron chi connectivity index (χ2n) is 13.1. The van der Waals surface area contributed by atoms with Crippen molar-refractivity contribution in [2.75, 3.05) is 4.90 Å². The van der Waals surface area contributed by atoms with Crippen LogP contribution in [0.5, 0.6) is 23.1 Å². The van der Waals surface area contributed by atoms with Crippen molar-refractivity contribution < 1.29 is 30.5 Å². The predicted octanol–water partition coefficient (Wildman–Crippen LogP) is 11.0. The third kappa shape index (κ3) is 5.81. The van der Waals surface area contributed by atoms with Crippen LogP contribution in [0.4, 0.5) is 17.1 Å². The van der Waals surface area contributed by atoms with E-state index >= 15 is 0 Å². The number of benzene rings is 4. The standard InChI is InChI=1S/C42H34N4O2.Pt/c1-27-12-8-13-28(2)38(27)46-36-19-6-7-20-37(36)48-41-39(46)34-18-11-23-43-40(34)45(41)31-15-10-17-33(25-31)47-32-16-9-14-29(24-32)35-22-21-30(26-44-35)42(3,4)5;/h6-23,26H,1-5H3;/q-2;+2. The first-order valence-electron chi connectivity index (χ1n) is 16.1. The fraction of sp³-hybridized carbons (Fsp3) is 0.143. The first-order chi connectivity index (χ1) is 23.3. The van der Waals surface area contributed by atoms with Crippen LogP contribution in [0.3, 0.4) is 0 Å². The molecule has 8 rings (SSSR count). The van der Waals surface area contributed by atoms with Gasteiger partial charge in [-0.3, -0.25) is 4.57 Å². The minimum absolute atomic E-state index is 0. The van der Waals surface area contributed by atoms with Crippen molar-refractivity contribution in [2.45, 2.75) is 40.0 Å². The van der Waals surface area contributed by atoms with Crippen LogP contribution >= 0.6 is 0 Å². The van der Waals surface area contributed by atoms with E-state index in [-0.39, 0.29) is 26.5 Å². The topological polar surface area (TPSA) is 52.4 Å². The maximum atomic E-state index is 6.74.